The van der Waals surface area contributed by atoms with Crippen LogP contribution >= 0.6 is 23.2 Å². The van der Waals surface area contributed by atoms with Gasteiger partial charge in [-0.25, -0.2) is 9.18 Å². The van der Waals surface area contributed by atoms with Crippen LogP contribution in [0.5, 0.6) is 0 Å². The van der Waals surface area contributed by atoms with Gasteiger partial charge in [-0.3, -0.25) is 4.79 Å². The third kappa shape index (κ3) is 5.83. The molecule has 0 spiro atoms. The van der Waals surface area contributed by atoms with Gasteiger partial charge in [-0.05, 0) is 58.7 Å². The van der Waals surface area contributed by atoms with Gasteiger partial charge in [-0.1, -0.05) is 89.9 Å². The topological polar surface area (TPSA) is 66.8 Å². The van der Waals surface area contributed by atoms with Crippen LogP contribution < -0.4 is 0 Å². The average molecular weight is 564 g/mol. The van der Waals surface area contributed by atoms with Gasteiger partial charge >= 0.3 is 5.97 Å². The third-order valence-electron chi connectivity index (χ3n) is 6.80. The van der Waals surface area contributed by atoms with Gasteiger partial charge in [0, 0.05) is 16.5 Å². The van der Waals surface area contributed by atoms with Crippen molar-refractivity contribution in [1.82, 2.24) is 4.90 Å². The van der Waals surface area contributed by atoms with E-state index in [0.717, 1.165) is 5.56 Å². The Hall–Kier alpha value is -3.71. The number of halogens is 3. The molecule has 1 amide bonds. The van der Waals surface area contributed by atoms with Crippen molar-refractivity contribution in [3.05, 3.63) is 141 Å². The van der Waals surface area contributed by atoms with Crippen LogP contribution in [0.4, 0.5) is 4.39 Å². The van der Waals surface area contributed by atoms with Crippen LogP contribution in [0.1, 0.15) is 40.4 Å². The Labute approximate surface area is 235 Å². The molecule has 8 heteroatoms. The molecule has 5 rings (SSSR count). The van der Waals surface area contributed by atoms with Crippen molar-refractivity contribution < 1.29 is 23.8 Å². The number of carbonyl (C=O) groups excluding carboxylic acids is 1. The van der Waals surface area contributed by atoms with Crippen molar-refractivity contribution in [2.75, 3.05) is 0 Å². The van der Waals surface area contributed by atoms with Crippen LogP contribution in [0, 0.1) is 5.82 Å². The van der Waals surface area contributed by atoms with E-state index < -0.39 is 42.0 Å². The van der Waals surface area contributed by atoms with E-state index in [1.54, 1.807) is 91.0 Å². The maximum Gasteiger partial charge on any atom is 0.331 e. The van der Waals surface area contributed by atoms with Crippen LogP contribution in [-0.2, 0) is 20.7 Å². The van der Waals surface area contributed by atoms with E-state index in [1.165, 1.54) is 17.0 Å². The summed E-state index contributed by atoms with van der Waals surface area (Å²) < 4.78 is 20.1. The lowest BCUT2D eigenvalue weighted by Crippen LogP contribution is -2.54. The molecule has 0 saturated carbocycles. The maximum absolute atomic E-state index is 14.2. The molecule has 39 heavy (non-hydrogen) atoms. The lowest BCUT2D eigenvalue weighted by Gasteiger charge is -2.47. The van der Waals surface area contributed by atoms with E-state index in [-0.39, 0.29) is 6.42 Å². The number of nitrogens with zero attached hydrogens (tertiary/aromatic N) is 1. The number of hydrogen-bond donors (Lipinski definition) is 1. The minimum Gasteiger partial charge on any atom is -0.479 e. The van der Waals surface area contributed by atoms with Crippen molar-refractivity contribution in [1.29, 1.82) is 0 Å². The fraction of sp³-hybridized carbons (Fsp3) is 0.161. The number of hydrogen-bond acceptors (Lipinski definition) is 3. The SMILES string of the molecule is O=C(O)[C@@H](c1ccccc1)N1C(=O)[C@H](Cc2ccc(F)cc2)O[C@@H](c2ccc(Cl)cc2)[C@H]1c1ccc(Cl)cc1. The second kappa shape index (κ2) is 11.6. The van der Waals surface area contributed by atoms with Gasteiger partial charge in [-0.15, -0.1) is 0 Å². The van der Waals surface area contributed by atoms with Crippen LogP contribution in [0.2, 0.25) is 10.0 Å². The summed E-state index contributed by atoms with van der Waals surface area (Å²) in [5.74, 6) is -2.06. The maximum atomic E-state index is 14.2. The summed E-state index contributed by atoms with van der Waals surface area (Å²) in [7, 11) is 0. The second-order valence-corrected chi connectivity index (χ2v) is 10.2. The number of ether oxygens (including phenoxy) is 1. The molecule has 1 aliphatic rings. The smallest absolute Gasteiger partial charge is 0.331 e. The molecule has 1 fully saturated rings. The van der Waals surface area contributed by atoms with Gasteiger partial charge in [0.2, 0.25) is 0 Å². The fourth-order valence-electron chi connectivity index (χ4n) is 4.98. The van der Waals surface area contributed by atoms with E-state index in [2.05, 4.69) is 0 Å². The highest BCUT2D eigenvalue weighted by Gasteiger charge is 2.49. The van der Waals surface area contributed by atoms with E-state index in [9.17, 15) is 19.1 Å². The molecule has 4 atom stereocenters. The van der Waals surface area contributed by atoms with Crippen LogP contribution in [0.25, 0.3) is 0 Å². The normalized spacial score (nSPS) is 20.0. The predicted molar refractivity (Wildman–Crippen MR) is 147 cm³/mol. The van der Waals surface area contributed by atoms with Gasteiger partial charge in [0.15, 0.2) is 6.04 Å². The summed E-state index contributed by atoms with van der Waals surface area (Å²) in [4.78, 5) is 28.5. The zero-order valence-corrected chi connectivity index (χ0v) is 22.1. The van der Waals surface area contributed by atoms with Crippen LogP contribution in [0.3, 0.4) is 0 Å². The highest BCUT2D eigenvalue weighted by molar-refractivity contribution is 6.30. The number of carboxylic acid groups (broad SMARTS) is 1. The molecule has 198 valence electrons. The Kier molecular flexibility index (Phi) is 7.98. The molecule has 1 saturated heterocycles. The Morgan fingerprint density at radius 3 is 1.97 bits per heavy atom. The summed E-state index contributed by atoms with van der Waals surface area (Å²) in [6, 6.07) is 26.3. The summed E-state index contributed by atoms with van der Waals surface area (Å²) in [6.45, 7) is 0. The predicted octanol–water partition coefficient (Wildman–Crippen LogP) is 7.21. The van der Waals surface area contributed by atoms with Gasteiger partial charge in [0.05, 0.1) is 6.04 Å². The van der Waals surface area contributed by atoms with E-state index in [0.29, 0.717) is 26.7 Å². The summed E-state index contributed by atoms with van der Waals surface area (Å²) in [5, 5.41) is 11.5. The second-order valence-electron chi connectivity index (χ2n) is 9.32. The monoisotopic (exact) mass is 563 g/mol. The van der Waals surface area contributed by atoms with Crippen LogP contribution in [-0.4, -0.2) is 28.0 Å². The van der Waals surface area contributed by atoms with Gasteiger partial charge < -0.3 is 14.7 Å². The number of carbonyl (C=O) groups is 2. The third-order valence-corrected chi connectivity index (χ3v) is 7.30. The first-order valence-electron chi connectivity index (χ1n) is 12.3. The van der Waals surface area contributed by atoms with Crippen molar-refractivity contribution in [2.24, 2.45) is 0 Å². The van der Waals surface area contributed by atoms with Gasteiger partial charge in [-0.2, -0.15) is 0 Å². The number of amides is 1. The number of rotatable bonds is 7. The molecule has 0 unspecified atom stereocenters. The van der Waals surface area contributed by atoms with Crippen molar-refractivity contribution in [3.63, 3.8) is 0 Å². The molecule has 1 heterocycles. The minimum atomic E-state index is -1.30. The Bertz CT molecular complexity index is 1450. The zero-order chi connectivity index (χ0) is 27.5. The lowest BCUT2D eigenvalue weighted by atomic mass is 9.88. The lowest BCUT2D eigenvalue weighted by molar-refractivity contribution is -0.184. The highest BCUT2D eigenvalue weighted by atomic mass is 35.5. The minimum absolute atomic E-state index is 0.133. The molecular formula is C31H24Cl2FNO4. The Morgan fingerprint density at radius 1 is 0.846 bits per heavy atom. The standard InChI is InChI=1S/C31H24Cl2FNO4/c32-23-12-8-21(9-13-23)27-29(22-10-14-24(33)15-11-22)39-26(18-19-6-16-25(34)17-7-19)30(36)35(27)28(31(37)38)20-4-2-1-3-5-20/h1-17,26-29H,18H2,(H,37,38)/t26-,27+,28+,29-/m0/s1. The number of aliphatic carboxylic acids is 1. The average Bonchev–Trinajstić information content (AvgIpc) is 2.93. The molecule has 0 aliphatic carbocycles. The Balaban J connectivity index is 1.68. The first-order chi connectivity index (χ1) is 18.8. The number of benzene rings is 4. The molecule has 5 nitrogen and oxygen atoms in total. The van der Waals surface area contributed by atoms with Crippen molar-refractivity contribution in [3.8, 4) is 0 Å². The van der Waals surface area contributed by atoms with Gasteiger partial charge in [0.25, 0.3) is 5.91 Å². The molecule has 4 aromatic carbocycles. The molecule has 0 aromatic heterocycles. The molecule has 4 aromatic rings. The molecular weight excluding hydrogens is 540 g/mol. The van der Waals surface area contributed by atoms with Crippen molar-refractivity contribution in [2.45, 2.75) is 30.7 Å². The van der Waals surface area contributed by atoms with E-state index in [4.69, 9.17) is 27.9 Å². The first kappa shape index (κ1) is 26.9. The zero-order valence-electron chi connectivity index (χ0n) is 20.6. The summed E-state index contributed by atoms with van der Waals surface area (Å²) in [5.41, 5.74) is 2.52. The molecule has 0 bridgehead atoms. The quantitative estimate of drug-likeness (QED) is 0.258. The molecule has 1 aliphatic heterocycles. The Morgan fingerprint density at radius 2 is 1.41 bits per heavy atom. The largest absolute Gasteiger partial charge is 0.479 e. The highest BCUT2D eigenvalue weighted by Crippen LogP contribution is 2.46. The van der Waals surface area contributed by atoms with E-state index >= 15 is 0 Å². The van der Waals surface area contributed by atoms with Crippen molar-refractivity contribution >= 4 is 35.1 Å². The van der Waals surface area contributed by atoms with Crippen LogP contribution in [0.15, 0.2) is 103 Å². The molecule has 0 radical (unpaired) electrons. The summed E-state index contributed by atoms with van der Waals surface area (Å²) >= 11 is 12.3. The first-order valence-corrected chi connectivity index (χ1v) is 13.1. The van der Waals surface area contributed by atoms with E-state index in [1.807, 2.05) is 0 Å². The van der Waals surface area contributed by atoms with Gasteiger partial charge in [0.1, 0.15) is 18.0 Å². The molecule has 1 N–H and O–H groups in total. The number of carboxylic acids is 1. The number of morpholine rings is 1. The summed E-state index contributed by atoms with van der Waals surface area (Å²) in [6.07, 6.45) is -1.63. The fourth-order valence-corrected chi connectivity index (χ4v) is 5.23.